The number of aromatic nitrogens is 2. The van der Waals surface area contributed by atoms with E-state index in [1.807, 2.05) is 6.92 Å². The van der Waals surface area contributed by atoms with Gasteiger partial charge in [-0.1, -0.05) is 22.7 Å². The smallest absolute Gasteiger partial charge is 0.181 e. The van der Waals surface area contributed by atoms with E-state index in [0.29, 0.717) is 10.3 Å². The molecule has 76 valence electrons. The van der Waals surface area contributed by atoms with Crippen LogP contribution < -0.4 is 11.5 Å². The Kier molecular flexibility index (Phi) is 1.66. The predicted molar refractivity (Wildman–Crippen MR) is 66.4 cm³/mol. The molecule has 6 heteroatoms. The van der Waals surface area contributed by atoms with Crippen molar-refractivity contribution in [3.8, 4) is 0 Å². The van der Waals surface area contributed by atoms with Gasteiger partial charge in [0, 0.05) is 5.56 Å². The van der Waals surface area contributed by atoms with Crippen LogP contribution in [0, 0.1) is 6.92 Å². The molecule has 4 N–H and O–H groups in total. The van der Waals surface area contributed by atoms with Crippen molar-refractivity contribution in [2.75, 3.05) is 11.5 Å². The van der Waals surface area contributed by atoms with Crippen LogP contribution in [-0.4, -0.2) is 9.97 Å². The Balaban J connectivity index is 2.56. The van der Waals surface area contributed by atoms with Crippen molar-refractivity contribution in [2.45, 2.75) is 6.92 Å². The molecule has 0 aliphatic heterocycles. The summed E-state index contributed by atoms with van der Waals surface area (Å²) in [5.41, 5.74) is 14.3. The summed E-state index contributed by atoms with van der Waals surface area (Å²) < 4.78 is 2.20. The summed E-state index contributed by atoms with van der Waals surface area (Å²) in [5, 5.41) is 1.19. The van der Waals surface area contributed by atoms with Gasteiger partial charge in [-0.05, 0) is 13.0 Å². The molecule has 0 atom stereocenters. The van der Waals surface area contributed by atoms with Crippen LogP contribution in [-0.2, 0) is 0 Å². The zero-order valence-corrected chi connectivity index (χ0v) is 9.58. The number of aryl methyl sites for hydroxylation is 1. The monoisotopic (exact) mass is 236 g/mol. The lowest BCUT2D eigenvalue weighted by Crippen LogP contribution is -1.84. The Morgan fingerprint density at radius 1 is 1.00 bits per heavy atom. The molecule has 1 aromatic carbocycles. The van der Waals surface area contributed by atoms with E-state index >= 15 is 0 Å². The van der Waals surface area contributed by atoms with Gasteiger partial charge < -0.3 is 11.5 Å². The molecule has 4 nitrogen and oxygen atoms in total. The molecule has 0 bridgehead atoms. The van der Waals surface area contributed by atoms with Gasteiger partial charge in [-0.25, -0.2) is 9.97 Å². The summed E-state index contributed by atoms with van der Waals surface area (Å²) in [4.78, 5) is 8.58. The number of rotatable bonds is 0. The highest BCUT2D eigenvalue weighted by Gasteiger charge is 2.11. The molecule has 2 heterocycles. The Hall–Kier alpha value is -1.40. The van der Waals surface area contributed by atoms with Gasteiger partial charge in [-0.15, -0.1) is 0 Å². The van der Waals surface area contributed by atoms with E-state index in [9.17, 15) is 0 Å². The third kappa shape index (κ3) is 1.18. The maximum atomic E-state index is 5.69. The van der Waals surface area contributed by atoms with Crippen molar-refractivity contribution >= 4 is 53.4 Å². The van der Waals surface area contributed by atoms with Gasteiger partial charge in [0.25, 0.3) is 0 Å². The van der Waals surface area contributed by atoms with Gasteiger partial charge >= 0.3 is 0 Å². The number of hydrogen-bond acceptors (Lipinski definition) is 6. The molecule has 0 saturated heterocycles. The summed E-state index contributed by atoms with van der Waals surface area (Å²) in [6, 6.07) is 2.06. The normalized spacial score (nSPS) is 11.5. The van der Waals surface area contributed by atoms with Crippen molar-refractivity contribution in [2.24, 2.45) is 0 Å². The number of benzene rings is 1. The number of nitrogens with two attached hydrogens (primary N) is 2. The topological polar surface area (TPSA) is 77.8 Å². The molecule has 0 unspecified atom stereocenters. The molecule has 0 spiro atoms. The van der Waals surface area contributed by atoms with Crippen LogP contribution in [0.15, 0.2) is 6.07 Å². The van der Waals surface area contributed by atoms with Crippen LogP contribution >= 0.6 is 22.7 Å². The highest BCUT2D eigenvalue weighted by molar-refractivity contribution is 7.24. The lowest BCUT2D eigenvalue weighted by atomic mass is 10.2. The molecule has 0 saturated carbocycles. The molecule has 0 aliphatic rings. The van der Waals surface area contributed by atoms with Gasteiger partial charge in [0.2, 0.25) is 0 Å². The third-order valence-electron chi connectivity index (χ3n) is 2.31. The van der Waals surface area contributed by atoms with E-state index in [1.54, 1.807) is 0 Å². The minimum atomic E-state index is 0.596. The van der Waals surface area contributed by atoms with Crippen LogP contribution in [0.4, 0.5) is 10.3 Å². The Morgan fingerprint density at radius 2 is 1.47 bits per heavy atom. The molecule has 0 aliphatic carbocycles. The van der Waals surface area contributed by atoms with Crippen LogP contribution in [0.1, 0.15) is 5.56 Å². The summed E-state index contributed by atoms with van der Waals surface area (Å²) in [7, 11) is 0. The molecule has 0 amide bonds. The fourth-order valence-electron chi connectivity index (χ4n) is 1.66. The number of nitrogens with zero attached hydrogens (tertiary/aromatic N) is 2. The number of fused-ring (bicyclic) bond motifs is 2. The van der Waals surface area contributed by atoms with Gasteiger partial charge in [-0.2, -0.15) is 0 Å². The Labute approximate surface area is 93.6 Å². The first-order valence-electron chi connectivity index (χ1n) is 4.37. The summed E-state index contributed by atoms with van der Waals surface area (Å²) >= 11 is 2.99. The molecule has 2 aromatic heterocycles. The minimum absolute atomic E-state index is 0.596. The molecule has 15 heavy (non-hydrogen) atoms. The fourth-order valence-corrected chi connectivity index (χ4v) is 3.41. The van der Waals surface area contributed by atoms with Crippen LogP contribution in [0.2, 0.25) is 0 Å². The molecule has 0 fully saturated rings. The van der Waals surface area contributed by atoms with Gasteiger partial charge in [-0.3, -0.25) is 0 Å². The standard InChI is InChI=1S/C9H8N4S2/c1-3-6-4(14-8(10)12-6)2-5-7(3)13-9(11)15-5/h2H,1H3,(H2,10,12)(H2,11,13). The van der Waals surface area contributed by atoms with E-state index in [0.717, 1.165) is 26.0 Å². The van der Waals surface area contributed by atoms with Gasteiger partial charge in [0.15, 0.2) is 10.3 Å². The summed E-state index contributed by atoms with van der Waals surface area (Å²) in [6.45, 7) is 2.00. The predicted octanol–water partition coefficient (Wildman–Crippen LogP) is 2.38. The van der Waals surface area contributed by atoms with Crippen LogP contribution in [0.25, 0.3) is 20.4 Å². The molecule has 3 aromatic rings. The van der Waals surface area contributed by atoms with Gasteiger partial charge in [0.1, 0.15) is 0 Å². The summed E-state index contributed by atoms with van der Waals surface area (Å²) in [6.07, 6.45) is 0. The maximum absolute atomic E-state index is 5.69. The van der Waals surface area contributed by atoms with Crippen molar-refractivity contribution in [3.63, 3.8) is 0 Å². The van der Waals surface area contributed by atoms with E-state index in [-0.39, 0.29) is 0 Å². The fraction of sp³-hybridized carbons (Fsp3) is 0.111. The minimum Gasteiger partial charge on any atom is -0.375 e. The van der Waals surface area contributed by atoms with Crippen molar-refractivity contribution in [3.05, 3.63) is 11.6 Å². The molecule has 3 rings (SSSR count). The quantitative estimate of drug-likeness (QED) is 0.628. The van der Waals surface area contributed by atoms with Crippen LogP contribution in [0.5, 0.6) is 0 Å². The zero-order valence-electron chi connectivity index (χ0n) is 7.94. The Bertz CT molecular complexity index is 613. The first-order chi connectivity index (χ1) is 7.15. The lowest BCUT2D eigenvalue weighted by molar-refractivity contribution is 1.41. The number of thiazole rings is 2. The number of anilines is 2. The first kappa shape index (κ1) is 8.87. The lowest BCUT2D eigenvalue weighted by Gasteiger charge is -1.94. The van der Waals surface area contributed by atoms with E-state index in [1.165, 1.54) is 22.7 Å². The van der Waals surface area contributed by atoms with Crippen molar-refractivity contribution in [1.82, 2.24) is 9.97 Å². The SMILES string of the molecule is Cc1c2nc(N)sc2cc2sc(N)nc12. The first-order valence-corrected chi connectivity index (χ1v) is 6.00. The molecular formula is C9H8N4S2. The summed E-state index contributed by atoms with van der Waals surface area (Å²) in [5.74, 6) is 0. The van der Waals surface area contributed by atoms with Crippen LogP contribution in [0.3, 0.4) is 0 Å². The second-order valence-electron chi connectivity index (χ2n) is 3.30. The number of nitrogen functional groups attached to an aromatic ring is 2. The number of hydrogen-bond donors (Lipinski definition) is 2. The molecular weight excluding hydrogens is 228 g/mol. The third-order valence-corrected chi connectivity index (χ3v) is 3.98. The van der Waals surface area contributed by atoms with Gasteiger partial charge in [0.05, 0.1) is 20.4 Å². The average molecular weight is 236 g/mol. The maximum Gasteiger partial charge on any atom is 0.181 e. The second kappa shape index (κ2) is 2.80. The van der Waals surface area contributed by atoms with E-state index in [4.69, 9.17) is 11.5 Å². The largest absolute Gasteiger partial charge is 0.375 e. The second-order valence-corrected chi connectivity index (χ2v) is 5.42. The van der Waals surface area contributed by atoms with Crippen molar-refractivity contribution < 1.29 is 0 Å². The average Bonchev–Trinajstić information content (AvgIpc) is 2.69. The van der Waals surface area contributed by atoms with E-state index < -0.39 is 0 Å². The Morgan fingerprint density at radius 3 is 1.93 bits per heavy atom. The molecule has 0 radical (unpaired) electrons. The highest BCUT2D eigenvalue weighted by atomic mass is 32.1. The van der Waals surface area contributed by atoms with E-state index in [2.05, 4.69) is 16.0 Å². The zero-order chi connectivity index (χ0) is 10.6. The van der Waals surface area contributed by atoms with Crippen molar-refractivity contribution in [1.29, 1.82) is 0 Å². The highest BCUT2D eigenvalue weighted by Crippen LogP contribution is 2.35.